The Bertz CT molecular complexity index is 705. The zero-order chi connectivity index (χ0) is 17.7. The molecular formula is C16H16FNO4S2. The van der Waals surface area contributed by atoms with Gasteiger partial charge in [-0.05, 0) is 36.6 Å². The van der Waals surface area contributed by atoms with E-state index in [2.05, 4.69) is 0 Å². The SMILES string of the molecule is COc1ccc(/C=C2\SC(=S)N(CCCCC(=O)O)C2=O)cc1F. The molecule has 0 radical (unpaired) electrons. The molecule has 8 heteroatoms. The number of amides is 1. The van der Waals surface area contributed by atoms with Crippen LogP contribution in [0.15, 0.2) is 23.1 Å². The summed E-state index contributed by atoms with van der Waals surface area (Å²) in [4.78, 5) is 24.7. The normalized spacial score (nSPS) is 16.1. The van der Waals surface area contributed by atoms with Gasteiger partial charge < -0.3 is 9.84 Å². The van der Waals surface area contributed by atoms with Crippen molar-refractivity contribution in [1.82, 2.24) is 4.90 Å². The summed E-state index contributed by atoms with van der Waals surface area (Å²) in [6.07, 6.45) is 2.69. The third-order valence-electron chi connectivity index (χ3n) is 3.37. The van der Waals surface area contributed by atoms with E-state index in [1.165, 1.54) is 24.1 Å². The third kappa shape index (κ3) is 4.55. The van der Waals surface area contributed by atoms with Crippen molar-refractivity contribution in [3.05, 3.63) is 34.5 Å². The molecule has 1 aliphatic heterocycles. The number of nitrogens with zero attached hydrogens (tertiary/aromatic N) is 1. The second kappa shape index (κ2) is 8.25. The molecule has 0 aromatic heterocycles. The number of carbonyl (C=O) groups excluding carboxylic acids is 1. The topological polar surface area (TPSA) is 66.8 Å². The summed E-state index contributed by atoms with van der Waals surface area (Å²) >= 11 is 6.35. The van der Waals surface area contributed by atoms with Gasteiger partial charge in [0.15, 0.2) is 11.6 Å². The van der Waals surface area contributed by atoms with Gasteiger partial charge in [0.25, 0.3) is 5.91 Å². The maximum Gasteiger partial charge on any atom is 0.303 e. The molecule has 1 aromatic rings. The minimum Gasteiger partial charge on any atom is -0.494 e. The average molecular weight is 369 g/mol. The summed E-state index contributed by atoms with van der Waals surface area (Å²) in [5, 5.41) is 8.62. The van der Waals surface area contributed by atoms with Gasteiger partial charge in [-0.2, -0.15) is 0 Å². The van der Waals surface area contributed by atoms with Gasteiger partial charge in [0, 0.05) is 13.0 Å². The smallest absolute Gasteiger partial charge is 0.303 e. The van der Waals surface area contributed by atoms with E-state index in [0.717, 1.165) is 11.8 Å². The molecule has 1 aliphatic rings. The number of carbonyl (C=O) groups is 2. The van der Waals surface area contributed by atoms with Crippen molar-refractivity contribution in [2.24, 2.45) is 0 Å². The largest absolute Gasteiger partial charge is 0.494 e. The number of hydrogen-bond acceptors (Lipinski definition) is 5. The van der Waals surface area contributed by atoms with Gasteiger partial charge in [-0.15, -0.1) is 0 Å². The Morgan fingerprint density at radius 3 is 2.83 bits per heavy atom. The fourth-order valence-corrected chi connectivity index (χ4v) is 3.47. The average Bonchev–Trinajstić information content (AvgIpc) is 2.78. The summed E-state index contributed by atoms with van der Waals surface area (Å²) in [6, 6.07) is 4.44. The molecule has 128 valence electrons. The molecule has 0 aliphatic carbocycles. The van der Waals surface area contributed by atoms with E-state index in [4.69, 9.17) is 22.1 Å². The van der Waals surface area contributed by atoms with E-state index in [0.29, 0.717) is 34.2 Å². The van der Waals surface area contributed by atoms with Crippen LogP contribution in [0.25, 0.3) is 6.08 Å². The van der Waals surface area contributed by atoms with Crippen molar-refractivity contribution in [3.63, 3.8) is 0 Å². The molecular weight excluding hydrogens is 353 g/mol. The first-order valence-corrected chi connectivity index (χ1v) is 8.45. The number of thiocarbonyl (C=S) groups is 1. The van der Waals surface area contributed by atoms with E-state index < -0.39 is 11.8 Å². The maximum absolute atomic E-state index is 13.7. The highest BCUT2D eigenvalue weighted by Crippen LogP contribution is 2.33. The van der Waals surface area contributed by atoms with Gasteiger partial charge in [-0.1, -0.05) is 30.0 Å². The lowest BCUT2D eigenvalue weighted by Crippen LogP contribution is -2.29. The number of rotatable bonds is 7. The van der Waals surface area contributed by atoms with Crippen LogP contribution in [0.3, 0.4) is 0 Å². The highest BCUT2D eigenvalue weighted by molar-refractivity contribution is 8.26. The van der Waals surface area contributed by atoms with Gasteiger partial charge in [-0.3, -0.25) is 14.5 Å². The Morgan fingerprint density at radius 2 is 2.21 bits per heavy atom. The van der Waals surface area contributed by atoms with E-state index in [-0.39, 0.29) is 18.1 Å². The van der Waals surface area contributed by atoms with Crippen LogP contribution in [0, 0.1) is 5.82 Å². The van der Waals surface area contributed by atoms with Crippen LogP contribution in [0.2, 0.25) is 0 Å². The standard InChI is InChI=1S/C16H16FNO4S2/c1-22-12-6-5-10(8-11(12)17)9-13-15(21)18(16(23)24-13)7-3-2-4-14(19)20/h5-6,8-9H,2-4,7H2,1H3,(H,19,20)/b13-9-. The second-order valence-corrected chi connectivity index (χ2v) is 6.75. The Balaban J connectivity index is 2.04. The molecule has 0 saturated carbocycles. The quantitative estimate of drug-likeness (QED) is 0.452. The highest BCUT2D eigenvalue weighted by Gasteiger charge is 2.31. The van der Waals surface area contributed by atoms with Gasteiger partial charge in [0.05, 0.1) is 12.0 Å². The molecule has 2 rings (SSSR count). The fraction of sp³-hybridized carbons (Fsp3) is 0.312. The maximum atomic E-state index is 13.7. The fourth-order valence-electron chi connectivity index (χ4n) is 2.16. The number of methoxy groups -OCH3 is 1. The first kappa shape index (κ1) is 18.4. The van der Waals surface area contributed by atoms with Gasteiger partial charge in [0.1, 0.15) is 4.32 Å². The second-order valence-electron chi connectivity index (χ2n) is 5.08. The van der Waals surface area contributed by atoms with Crippen molar-refractivity contribution in [2.45, 2.75) is 19.3 Å². The lowest BCUT2D eigenvalue weighted by atomic mass is 10.2. The molecule has 0 spiro atoms. The molecule has 24 heavy (non-hydrogen) atoms. The zero-order valence-corrected chi connectivity index (χ0v) is 14.6. The van der Waals surface area contributed by atoms with Crippen LogP contribution in [0.5, 0.6) is 5.75 Å². The van der Waals surface area contributed by atoms with Crippen LogP contribution in [-0.2, 0) is 9.59 Å². The van der Waals surface area contributed by atoms with Crippen molar-refractivity contribution in [3.8, 4) is 5.75 Å². The molecule has 1 aromatic carbocycles. The molecule has 0 atom stereocenters. The highest BCUT2D eigenvalue weighted by atomic mass is 32.2. The Morgan fingerprint density at radius 1 is 1.46 bits per heavy atom. The molecule has 0 unspecified atom stereocenters. The van der Waals surface area contributed by atoms with Crippen LogP contribution < -0.4 is 4.74 Å². The molecule has 1 amide bonds. The van der Waals surface area contributed by atoms with E-state index >= 15 is 0 Å². The number of hydrogen-bond donors (Lipinski definition) is 1. The number of carboxylic acid groups (broad SMARTS) is 1. The summed E-state index contributed by atoms with van der Waals surface area (Å²) in [5.74, 6) is -1.47. The number of thioether (sulfide) groups is 1. The number of unbranched alkanes of at least 4 members (excludes halogenated alkanes) is 1. The predicted molar refractivity (Wildman–Crippen MR) is 94.3 cm³/mol. The minimum atomic E-state index is -0.859. The molecule has 1 saturated heterocycles. The number of aliphatic carboxylic acids is 1. The van der Waals surface area contributed by atoms with E-state index in [1.54, 1.807) is 12.1 Å². The molecule has 1 heterocycles. The lowest BCUT2D eigenvalue weighted by Gasteiger charge is -2.13. The Hall–Kier alpha value is -1.93. The molecule has 1 fully saturated rings. The van der Waals surface area contributed by atoms with Gasteiger partial charge >= 0.3 is 5.97 Å². The van der Waals surface area contributed by atoms with Crippen LogP contribution in [0.4, 0.5) is 4.39 Å². The first-order chi connectivity index (χ1) is 11.4. The van der Waals surface area contributed by atoms with Gasteiger partial charge in [-0.25, -0.2) is 4.39 Å². The summed E-state index contributed by atoms with van der Waals surface area (Å²) in [7, 11) is 1.38. The summed E-state index contributed by atoms with van der Waals surface area (Å²) in [5.41, 5.74) is 0.541. The molecule has 5 nitrogen and oxygen atoms in total. The lowest BCUT2D eigenvalue weighted by molar-refractivity contribution is -0.137. The number of halogens is 1. The summed E-state index contributed by atoms with van der Waals surface area (Å²) in [6.45, 7) is 0.381. The van der Waals surface area contributed by atoms with Crippen molar-refractivity contribution < 1.29 is 23.8 Å². The predicted octanol–water partition coefficient (Wildman–Crippen LogP) is 3.29. The molecule has 1 N–H and O–H groups in total. The van der Waals surface area contributed by atoms with Crippen molar-refractivity contribution in [2.75, 3.05) is 13.7 Å². The Kier molecular flexibility index (Phi) is 6.33. The van der Waals surface area contributed by atoms with Crippen molar-refractivity contribution in [1.29, 1.82) is 0 Å². The monoisotopic (exact) mass is 369 g/mol. The summed E-state index contributed by atoms with van der Waals surface area (Å²) < 4.78 is 19.0. The third-order valence-corrected chi connectivity index (χ3v) is 4.75. The van der Waals surface area contributed by atoms with E-state index in [1.807, 2.05) is 0 Å². The van der Waals surface area contributed by atoms with Crippen LogP contribution in [-0.4, -0.2) is 39.9 Å². The number of benzene rings is 1. The first-order valence-electron chi connectivity index (χ1n) is 7.23. The minimum absolute atomic E-state index is 0.0652. The van der Waals surface area contributed by atoms with Crippen LogP contribution in [0.1, 0.15) is 24.8 Å². The number of carboxylic acids is 1. The zero-order valence-electron chi connectivity index (χ0n) is 13.0. The van der Waals surface area contributed by atoms with Crippen molar-refractivity contribution >= 4 is 46.3 Å². The van der Waals surface area contributed by atoms with Gasteiger partial charge in [0.2, 0.25) is 0 Å². The Labute approximate surface area is 148 Å². The number of ether oxygens (including phenoxy) is 1. The van der Waals surface area contributed by atoms with E-state index in [9.17, 15) is 14.0 Å². The molecule has 0 bridgehead atoms. The van der Waals surface area contributed by atoms with Crippen LogP contribution >= 0.6 is 24.0 Å².